The molecule has 0 bridgehead atoms. The lowest BCUT2D eigenvalue weighted by atomic mass is 10.1. The molecule has 11 heteroatoms. The predicted molar refractivity (Wildman–Crippen MR) is 109 cm³/mol. The molecule has 10 nitrogen and oxygen atoms in total. The van der Waals surface area contributed by atoms with Crippen molar-refractivity contribution in [2.24, 2.45) is 0 Å². The van der Waals surface area contributed by atoms with E-state index in [9.17, 15) is 22.8 Å². The van der Waals surface area contributed by atoms with Gasteiger partial charge >= 0.3 is 0 Å². The Bertz CT molecular complexity index is 1270. The number of nitrogens with one attached hydrogen (secondary N) is 4. The van der Waals surface area contributed by atoms with E-state index in [1.165, 1.54) is 25.1 Å². The van der Waals surface area contributed by atoms with Crippen molar-refractivity contribution < 1.29 is 18.0 Å². The number of hydrazine groups is 1. The van der Waals surface area contributed by atoms with Crippen LogP contribution in [0.3, 0.4) is 0 Å². The number of carbonyl (C=O) groups is 2. The predicted octanol–water partition coefficient (Wildman–Crippen LogP) is 0.360. The number of carbonyl (C=O) groups excluding carboxylic acids is 2. The van der Waals surface area contributed by atoms with Crippen LogP contribution in [0, 0.1) is 6.92 Å². The zero-order valence-electron chi connectivity index (χ0n) is 16.1. The van der Waals surface area contributed by atoms with Gasteiger partial charge in [-0.05, 0) is 32.0 Å². The van der Waals surface area contributed by atoms with Crippen LogP contribution >= 0.6 is 0 Å². The molecule has 3 aromatic rings. The fourth-order valence-corrected chi connectivity index (χ4v) is 3.85. The van der Waals surface area contributed by atoms with Gasteiger partial charge in [0.25, 0.3) is 17.4 Å². The summed E-state index contributed by atoms with van der Waals surface area (Å²) in [6.45, 7) is 3.16. The average molecular weight is 429 g/mol. The van der Waals surface area contributed by atoms with Gasteiger partial charge in [-0.25, -0.2) is 13.5 Å². The monoisotopic (exact) mass is 429 g/mol. The summed E-state index contributed by atoms with van der Waals surface area (Å²) in [7, 11) is -3.92. The van der Waals surface area contributed by atoms with Crippen LogP contribution in [0.5, 0.6) is 0 Å². The van der Waals surface area contributed by atoms with Gasteiger partial charge in [-0.3, -0.25) is 25.2 Å². The molecule has 0 fully saturated rings. The zero-order valence-corrected chi connectivity index (χ0v) is 16.9. The number of aromatic amines is 1. The maximum absolute atomic E-state index is 12.4. The van der Waals surface area contributed by atoms with Gasteiger partial charge in [-0.1, -0.05) is 35.9 Å². The molecule has 0 radical (unpaired) electrons. The number of aromatic nitrogens is 2. The lowest BCUT2D eigenvalue weighted by Gasteiger charge is -2.15. The number of aryl methyl sites for hydroxylation is 1. The van der Waals surface area contributed by atoms with Gasteiger partial charge in [0.15, 0.2) is 5.69 Å². The van der Waals surface area contributed by atoms with Crippen molar-refractivity contribution >= 4 is 32.6 Å². The van der Waals surface area contributed by atoms with E-state index in [0.717, 1.165) is 5.56 Å². The number of sulfonamides is 1. The molecule has 0 aliphatic heterocycles. The van der Waals surface area contributed by atoms with Crippen LogP contribution < -0.4 is 21.1 Å². The second kappa shape index (κ2) is 8.43. The molecule has 0 saturated heterocycles. The first-order valence-corrected chi connectivity index (χ1v) is 10.3. The molecule has 30 heavy (non-hydrogen) atoms. The van der Waals surface area contributed by atoms with Gasteiger partial charge in [0, 0.05) is 5.39 Å². The van der Waals surface area contributed by atoms with Gasteiger partial charge in [-0.15, -0.1) is 0 Å². The third-order valence-corrected chi connectivity index (χ3v) is 5.82. The lowest BCUT2D eigenvalue weighted by molar-refractivity contribution is -0.123. The first-order valence-electron chi connectivity index (χ1n) is 8.85. The summed E-state index contributed by atoms with van der Waals surface area (Å²) < 4.78 is 27.0. The quantitative estimate of drug-likeness (QED) is 0.430. The third kappa shape index (κ3) is 4.53. The fraction of sp³-hybridized carbons (Fsp3) is 0.158. The Morgan fingerprint density at radius 2 is 1.63 bits per heavy atom. The van der Waals surface area contributed by atoms with Crippen molar-refractivity contribution in [2.75, 3.05) is 0 Å². The third-order valence-electron chi connectivity index (χ3n) is 4.27. The van der Waals surface area contributed by atoms with Crippen LogP contribution in [0.2, 0.25) is 0 Å². The number of hydrogen-bond donors (Lipinski definition) is 4. The van der Waals surface area contributed by atoms with E-state index in [4.69, 9.17) is 0 Å². The number of H-pyrrole nitrogens is 1. The van der Waals surface area contributed by atoms with E-state index in [0.29, 0.717) is 5.39 Å². The first kappa shape index (κ1) is 21.1. The normalized spacial score (nSPS) is 12.3. The van der Waals surface area contributed by atoms with E-state index in [-0.39, 0.29) is 16.0 Å². The molecule has 0 unspecified atom stereocenters. The van der Waals surface area contributed by atoms with Crippen LogP contribution in [0.25, 0.3) is 10.8 Å². The Labute approximate surface area is 171 Å². The van der Waals surface area contributed by atoms with Crippen LogP contribution in [0.15, 0.2) is 58.2 Å². The number of benzene rings is 2. The molecule has 1 atom stereocenters. The standard InChI is InChI=1S/C19H19N5O5S/c1-11-7-9-13(10-8-11)30(28,29)24-12(2)17(25)21-23-19(27)16-14-5-3-4-6-15(14)18(26)22-20-16/h3-10,12,24H,1-2H3,(H,21,25)(H,22,26)(H,23,27)/t12-/m1/s1. The van der Waals surface area contributed by atoms with Gasteiger partial charge in [-0.2, -0.15) is 9.82 Å². The van der Waals surface area contributed by atoms with Crippen molar-refractivity contribution in [3.05, 3.63) is 70.1 Å². The Balaban J connectivity index is 1.67. The second-order valence-corrected chi connectivity index (χ2v) is 8.26. The van der Waals surface area contributed by atoms with E-state index >= 15 is 0 Å². The molecular formula is C19H19N5O5S. The molecule has 2 amide bonds. The topological polar surface area (TPSA) is 150 Å². The maximum Gasteiger partial charge on any atom is 0.290 e. The van der Waals surface area contributed by atoms with Crippen LogP contribution in [0.4, 0.5) is 0 Å². The van der Waals surface area contributed by atoms with Crippen LogP contribution in [-0.4, -0.2) is 36.5 Å². The minimum Gasteiger partial charge on any atom is -0.271 e. The highest BCUT2D eigenvalue weighted by Gasteiger charge is 2.23. The number of hydrogen-bond acceptors (Lipinski definition) is 6. The molecule has 0 aliphatic rings. The Hall–Kier alpha value is -3.57. The summed E-state index contributed by atoms with van der Waals surface area (Å²) in [5, 5.41) is 6.51. The molecule has 1 aromatic heterocycles. The summed E-state index contributed by atoms with van der Waals surface area (Å²) in [5.74, 6) is -1.56. The summed E-state index contributed by atoms with van der Waals surface area (Å²) in [5.41, 5.74) is 4.65. The Morgan fingerprint density at radius 3 is 2.30 bits per heavy atom. The molecule has 3 rings (SSSR count). The molecule has 1 heterocycles. The number of nitrogens with zero attached hydrogens (tertiary/aromatic N) is 1. The summed E-state index contributed by atoms with van der Waals surface area (Å²) in [6, 6.07) is 11.3. The maximum atomic E-state index is 12.4. The highest BCUT2D eigenvalue weighted by Crippen LogP contribution is 2.12. The molecule has 0 aliphatic carbocycles. The van der Waals surface area contributed by atoms with Crippen LogP contribution in [0.1, 0.15) is 23.0 Å². The summed E-state index contributed by atoms with van der Waals surface area (Å²) >= 11 is 0. The van der Waals surface area contributed by atoms with Gasteiger partial charge in [0.1, 0.15) is 0 Å². The average Bonchev–Trinajstić information content (AvgIpc) is 2.72. The van der Waals surface area contributed by atoms with E-state index < -0.39 is 33.4 Å². The highest BCUT2D eigenvalue weighted by atomic mass is 32.2. The number of amides is 2. The molecule has 0 saturated carbocycles. The fourth-order valence-electron chi connectivity index (χ4n) is 2.65. The zero-order chi connectivity index (χ0) is 21.9. The van der Waals surface area contributed by atoms with Crippen molar-refractivity contribution in [3.63, 3.8) is 0 Å². The molecule has 156 valence electrons. The Morgan fingerprint density at radius 1 is 1.00 bits per heavy atom. The SMILES string of the molecule is Cc1ccc(S(=O)(=O)N[C@H](C)C(=O)NNC(=O)c2n[nH]c(=O)c3ccccc23)cc1. The van der Waals surface area contributed by atoms with Crippen molar-refractivity contribution in [1.29, 1.82) is 0 Å². The first-order chi connectivity index (χ1) is 14.2. The van der Waals surface area contributed by atoms with Crippen molar-refractivity contribution in [2.45, 2.75) is 24.8 Å². The van der Waals surface area contributed by atoms with Gasteiger partial charge in [0.2, 0.25) is 10.0 Å². The van der Waals surface area contributed by atoms with Crippen molar-refractivity contribution in [1.82, 2.24) is 25.8 Å². The smallest absolute Gasteiger partial charge is 0.271 e. The van der Waals surface area contributed by atoms with Gasteiger partial charge in [0.05, 0.1) is 16.3 Å². The number of rotatable bonds is 5. The van der Waals surface area contributed by atoms with Gasteiger partial charge < -0.3 is 0 Å². The van der Waals surface area contributed by atoms with E-state index in [1.807, 2.05) is 6.92 Å². The van der Waals surface area contributed by atoms with Crippen LogP contribution in [-0.2, 0) is 14.8 Å². The van der Waals surface area contributed by atoms with E-state index in [1.54, 1.807) is 30.3 Å². The summed E-state index contributed by atoms with van der Waals surface area (Å²) in [4.78, 5) is 36.4. The van der Waals surface area contributed by atoms with E-state index in [2.05, 4.69) is 25.8 Å². The van der Waals surface area contributed by atoms with Crippen molar-refractivity contribution in [3.8, 4) is 0 Å². The molecule has 4 N–H and O–H groups in total. The minimum absolute atomic E-state index is 0.0145. The lowest BCUT2D eigenvalue weighted by Crippen LogP contribution is -2.51. The second-order valence-electron chi connectivity index (χ2n) is 6.55. The Kier molecular flexibility index (Phi) is 5.94. The molecule has 0 spiro atoms. The number of fused-ring (bicyclic) bond motifs is 1. The molecular weight excluding hydrogens is 410 g/mol. The largest absolute Gasteiger partial charge is 0.290 e. The minimum atomic E-state index is -3.92. The molecule has 2 aromatic carbocycles. The highest BCUT2D eigenvalue weighted by molar-refractivity contribution is 7.89. The summed E-state index contributed by atoms with van der Waals surface area (Å²) in [6.07, 6.45) is 0.